The molecule has 1 heterocycles. The van der Waals surface area contributed by atoms with Crippen LogP contribution in [0.1, 0.15) is 18.4 Å². The number of hydrogen-bond acceptors (Lipinski definition) is 3. The third-order valence-corrected chi connectivity index (χ3v) is 3.59. The van der Waals surface area contributed by atoms with Gasteiger partial charge >= 0.3 is 6.18 Å². The fourth-order valence-electron chi connectivity index (χ4n) is 2.14. The first-order chi connectivity index (χ1) is 8.80. The molecule has 0 aromatic heterocycles. The lowest BCUT2D eigenvalue weighted by atomic mass is 10.1. The highest BCUT2D eigenvalue weighted by Gasteiger charge is 2.35. The minimum absolute atomic E-state index is 0.107. The van der Waals surface area contributed by atoms with Crippen LogP contribution in [0.5, 0.6) is 0 Å². The number of halogens is 4. The molecule has 19 heavy (non-hydrogen) atoms. The number of benzene rings is 1. The Bertz CT molecular complexity index is 513. The third-order valence-electron chi connectivity index (χ3n) is 2.99. The molecule has 0 bridgehead atoms. The van der Waals surface area contributed by atoms with Crippen LogP contribution in [-0.2, 0) is 6.18 Å². The molecule has 0 aliphatic carbocycles. The second-order valence-electron chi connectivity index (χ2n) is 4.27. The van der Waals surface area contributed by atoms with Gasteiger partial charge in [0.25, 0.3) is 5.69 Å². The van der Waals surface area contributed by atoms with E-state index in [4.69, 9.17) is 0 Å². The van der Waals surface area contributed by atoms with Gasteiger partial charge in [-0.2, -0.15) is 13.2 Å². The molecule has 8 heteroatoms. The molecule has 0 unspecified atom stereocenters. The minimum Gasteiger partial charge on any atom is -0.365 e. The van der Waals surface area contributed by atoms with E-state index in [2.05, 4.69) is 15.9 Å². The summed E-state index contributed by atoms with van der Waals surface area (Å²) < 4.78 is 38.1. The smallest absolute Gasteiger partial charge is 0.365 e. The average molecular weight is 339 g/mol. The van der Waals surface area contributed by atoms with Gasteiger partial charge in [-0.25, -0.2) is 0 Å². The molecule has 2 rings (SSSR count). The average Bonchev–Trinajstić information content (AvgIpc) is 2.79. The Kier molecular flexibility index (Phi) is 3.71. The van der Waals surface area contributed by atoms with Crippen LogP contribution < -0.4 is 4.90 Å². The minimum atomic E-state index is -4.60. The van der Waals surface area contributed by atoms with Crippen LogP contribution in [0.3, 0.4) is 0 Å². The molecule has 0 N–H and O–H groups in total. The predicted octanol–water partition coefficient (Wildman–Crippen LogP) is 3.98. The maximum Gasteiger partial charge on any atom is 0.416 e. The van der Waals surface area contributed by atoms with E-state index in [0.717, 1.165) is 18.9 Å². The van der Waals surface area contributed by atoms with Crippen molar-refractivity contribution < 1.29 is 18.1 Å². The van der Waals surface area contributed by atoms with Crippen LogP contribution in [0.4, 0.5) is 24.5 Å². The van der Waals surface area contributed by atoms with Crippen LogP contribution in [-0.4, -0.2) is 18.0 Å². The summed E-state index contributed by atoms with van der Waals surface area (Å²) in [5.41, 5.74) is -1.30. The van der Waals surface area contributed by atoms with Crippen molar-refractivity contribution in [2.45, 2.75) is 19.0 Å². The third kappa shape index (κ3) is 2.83. The number of nitrogens with zero attached hydrogens (tertiary/aromatic N) is 2. The first kappa shape index (κ1) is 14.1. The fraction of sp³-hybridized carbons (Fsp3) is 0.455. The van der Waals surface area contributed by atoms with Crippen molar-refractivity contribution in [3.63, 3.8) is 0 Å². The molecule has 1 saturated heterocycles. The lowest BCUT2D eigenvalue weighted by molar-refractivity contribution is -0.384. The molecule has 0 saturated carbocycles. The maximum atomic E-state index is 12.7. The van der Waals surface area contributed by atoms with Crippen molar-refractivity contribution in [3.8, 4) is 0 Å². The van der Waals surface area contributed by atoms with Crippen molar-refractivity contribution >= 4 is 27.3 Å². The standard InChI is InChI=1S/C11H10BrF3N2O2/c12-8-5-7(11(13,14)15)6-9(17(18)19)10(8)16-3-1-2-4-16/h5-6H,1-4H2. The predicted molar refractivity (Wildman–Crippen MR) is 67.2 cm³/mol. The first-order valence-electron chi connectivity index (χ1n) is 5.61. The second-order valence-corrected chi connectivity index (χ2v) is 5.13. The molecule has 1 fully saturated rings. The van der Waals surface area contributed by atoms with Crippen LogP contribution >= 0.6 is 15.9 Å². The van der Waals surface area contributed by atoms with Crippen molar-refractivity contribution in [2.75, 3.05) is 18.0 Å². The van der Waals surface area contributed by atoms with Crippen molar-refractivity contribution in [1.29, 1.82) is 0 Å². The Labute approximate surface area is 115 Å². The Morgan fingerprint density at radius 3 is 2.32 bits per heavy atom. The molecule has 4 nitrogen and oxygen atoms in total. The van der Waals surface area contributed by atoms with Gasteiger partial charge in [0.15, 0.2) is 0 Å². The summed E-state index contributed by atoms with van der Waals surface area (Å²) >= 11 is 3.02. The number of anilines is 1. The van der Waals surface area contributed by atoms with E-state index in [1.54, 1.807) is 4.90 Å². The van der Waals surface area contributed by atoms with Crippen LogP contribution in [0.2, 0.25) is 0 Å². The summed E-state index contributed by atoms with van der Waals surface area (Å²) in [7, 11) is 0. The van der Waals surface area contributed by atoms with Gasteiger partial charge in [0.05, 0.1) is 10.5 Å². The van der Waals surface area contributed by atoms with Crippen LogP contribution in [0.15, 0.2) is 16.6 Å². The number of nitro benzene ring substituents is 1. The topological polar surface area (TPSA) is 46.4 Å². The highest BCUT2D eigenvalue weighted by atomic mass is 79.9. The first-order valence-corrected chi connectivity index (χ1v) is 6.40. The molecule has 0 amide bonds. The van der Waals surface area contributed by atoms with Gasteiger partial charge in [-0.1, -0.05) is 0 Å². The van der Waals surface area contributed by atoms with Crippen molar-refractivity contribution in [3.05, 3.63) is 32.3 Å². The zero-order valence-corrected chi connectivity index (χ0v) is 11.3. The van der Waals surface area contributed by atoms with Crippen molar-refractivity contribution in [2.24, 2.45) is 0 Å². The lowest BCUT2D eigenvalue weighted by Crippen LogP contribution is -2.20. The maximum absolute atomic E-state index is 12.7. The van der Waals surface area contributed by atoms with E-state index < -0.39 is 22.4 Å². The van der Waals surface area contributed by atoms with Gasteiger partial charge in [0.1, 0.15) is 5.69 Å². The number of hydrogen-bond donors (Lipinski definition) is 0. The van der Waals surface area contributed by atoms with Crippen molar-refractivity contribution in [1.82, 2.24) is 0 Å². The molecule has 0 atom stereocenters. The largest absolute Gasteiger partial charge is 0.416 e. The molecule has 0 spiro atoms. The molecule has 1 aromatic carbocycles. The van der Waals surface area contributed by atoms with Crippen LogP contribution in [0.25, 0.3) is 0 Å². The van der Waals surface area contributed by atoms with E-state index in [-0.39, 0.29) is 10.2 Å². The zero-order valence-electron chi connectivity index (χ0n) is 9.71. The molecular weight excluding hydrogens is 329 g/mol. The number of alkyl halides is 3. The summed E-state index contributed by atoms with van der Waals surface area (Å²) in [4.78, 5) is 12.0. The summed E-state index contributed by atoms with van der Waals surface area (Å²) in [5.74, 6) is 0. The van der Waals surface area contributed by atoms with Gasteiger partial charge in [0.2, 0.25) is 0 Å². The Morgan fingerprint density at radius 1 is 1.26 bits per heavy atom. The van der Waals surface area contributed by atoms with Gasteiger partial charge in [-0.15, -0.1) is 0 Å². The SMILES string of the molecule is O=[N+]([O-])c1cc(C(F)(F)F)cc(Br)c1N1CCCC1. The normalized spacial score (nSPS) is 15.9. The summed E-state index contributed by atoms with van der Waals surface area (Å²) in [6.07, 6.45) is -2.84. The molecule has 1 aromatic rings. The summed E-state index contributed by atoms with van der Waals surface area (Å²) in [6, 6.07) is 1.49. The monoisotopic (exact) mass is 338 g/mol. The summed E-state index contributed by atoms with van der Waals surface area (Å²) in [5, 5.41) is 11.0. The Balaban J connectivity index is 2.56. The van der Waals surface area contributed by atoms with E-state index >= 15 is 0 Å². The van der Waals surface area contributed by atoms with E-state index in [9.17, 15) is 23.3 Å². The Morgan fingerprint density at radius 2 is 1.84 bits per heavy atom. The molecule has 104 valence electrons. The second kappa shape index (κ2) is 4.99. The molecule has 1 aliphatic rings. The lowest BCUT2D eigenvalue weighted by Gasteiger charge is -2.20. The number of nitro groups is 1. The van der Waals surface area contributed by atoms with Gasteiger partial charge < -0.3 is 4.90 Å². The summed E-state index contributed by atoms with van der Waals surface area (Å²) in [6.45, 7) is 1.23. The molecule has 0 radical (unpaired) electrons. The fourth-order valence-corrected chi connectivity index (χ4v) is 2.84. The van der Waals surface area contributed by atoms with Gasteiger partial charge in [-0.05, 0) is 34.8 Å². The molecule has 1 aliphatic heterocycles. The van der Waals surface area contributed by atoms with Gasteiger partial charge in [-0.3, -0.25) is 10.1 Å². The number of rotatable bonds is 2. The zero-order chi connectivity index (χ0) is 14.2. The van der Waals surface area contributed by atoms with E-state index in [1.165, 1.54) is 0 Å². The highest BCUT2D eigenvalue weighted by molar-refractivity contribution is 9.10. The Hall–Kier alpha value is -1.31. The van der Waals surface area contributed by atoms with Crippen LogP contribution in [0, 0.1) is 10.1 Å². The quantitative estimate of drug-likeness (QED) is 0.605. The van der Waals surface area contributed by atoms with Gasteiger partial charge in [0, 0.05) is 23.6 Å². The van der Waals surface area contributed by atoms with E-state index in [0.29, 0.717) is 19.2 Å². The molecular formula is C11H10BrF3N2O2. The van der Waals surface area contributed by atoms with E-state index in [1.807, 2.05) is 0 Å². The highest BCUT2D eigenvalue weighted by Crippen LogP contribution is 2.42.